The Bertz CT molecular complexity index is 917. The van der Waals surface area contributed by atoms with Crippen molar-refractivity contribution in [3.8, 4) is 0 Å². The van der Waals surface area contributed by atoms with Crippen molar-refractivity contribution in [1.82, 2.24) is 9.21 Å². The average molecular weight is 382 g/mol. The molecule has 4 rings (SSSR count). The minimum atomic E-state index is -3.97. The summed E-state index contributed by atoms with van der Waals surface area (Å²) in [5.74, 6) is -2.48. The lowest BCUT2D eigenvalue weighted by Gasteiger charge is -2.40. The molecule has 2 saturated heterocycles. The van der Waals surface area contributed by atoms with E-state index in [1.54, 1.807) is 4.90 Å². The summed E-state index contributed by atoms with van der Waals surface area (Å²) in [5.41, 5.74) is 0.487. The Hall–Kier alpha value is -2.20. The number of nitrogens with zero attached hydrogens (tertiary/aromatic N) is 4. The molecule has 0 radical (unpaired) electrons. The molecule has 2 atom stereocenters. The van der Waals surface area contributed by atoms with Crippen LogP contribution in [0, 0.1) is 11.6 Å². The van der Waals surface area contributed by atoms with Crippen molar-refractivity contribution in [3.05, 3.63) is 41.6 Å². The molecule has 1 aromatic rings. The zero-order valence-corrected chi connectivity index (χ0v) is 14.5. The van der Waals surface area contributed by atoms with E-state index in [4.69, 9.17) is 0 Å². The average Bonchev–Trinajstić information content (AvgIpc) is 3.23. The number of hydrogen-bond acceptors (Lipinski definition) is 5. The lowest BCUT2D eigenvalue weighted by Crippen LogP contribution is -2.57. The van der Waals surface area contributed by atoms with Gasteiger partial charge in [-0.1, -0.05) is 0 Å². The van der Waals surface area contributed by atoms with Crippen LogP contribution >= 0.6 is 0 Å². The van der Waals surface area contributed by atoms with Gasteiger partial charge in [-0.15, -0.1) is 0 Å². The molecule has 10 heteroatoms. The molecular formula is C16H16F2N4O3S. The van der Waals surface area contributed by atoms with Crippen molar-refractivity contribution in [2.45, 2.75) is 29.8 Å². The van der Waals surface area contributed by atoms with E-state index in [0.717, 1.165) is 12.1 Å². The first-order valence-electron chi connectivity index (χ1n) is 8.21. The van der Waals surface area contributed by atoms with Crippen molar-refractivity contribution >= 4 is 15.9 Å². The molecule has 2 bridgehead atoms. The summed E-state index contributed by atoms with van der Waals surface area (Å²) in [6.45, 7) is 0.757. The van der Waals surface area contributed by atoms with Crippen LogP contribution in [0.15, 0.2) is 45.1 Å². The van der Waals surface area contributed by atoms with Gasteiger partial charge >= 0.3 is 0 Å². The highest BCUT2D eigenvalue weighted by Crippen LogP contribution is 2.36. The van der Waals surface area contributed by atoms with Crippen LogP contribution in [-0.4, -0.2) is 55.2 Å². The minimum absolute atomic E-state index is 0.184. The number of fused-ring (bicyclic) bond motifs is 2. The fraction of sp³-hybridized carbons (Fsp3) is 0.438. The fourth-order valence-electron chi connectivity index (χ4n) is 3.78. The highest BCUT2D eigenvalue weighted by molar-refractivity contribution is 7.89. The van der Waals surface area contributed by atoms with Crippen LogP contribution < -0.4 is 0 Å². The van der Waals surface area contributed by atoms with Gasteiger partial charge in [0.05, 0.1) is 23.2 Å². The van der Waals surface area contributed by atoms with Crippen LogP contribution in [0.5, 0.6) is 0 Å². The SMILES string of the molecule is O=C(C1=CN=NC1)N1CC2CCC(C1)N2S(=O)(=O)c1ccc(F)c(F)c1. The minimum Gasteiger partial charge on any atom is -0.336 e. The molecule has 2 fully saturated rings. The van der Waals surface area contributed by atoms with Gasteiger partial charge < -0.3 is 4.90 Å². The number of hydrogen-bond donors (Lipinski definition) is 0. The maximum atomic E-state index is 13.5. The first-order valence-corrected chi connectivity index (χ1v) is 9.65. The van der Waals surface area contributed by atoms with Gasteiger partial charge in [-0.05, 0) is 31.0 Å². The summed E-state index contributed by atoms with van der Waals surface area (Å²) in [4.78, 5) is 13.9. The standard InChI is InChI=1S/C16H16F2N4O3S/c17-14-4-3-13(5-15(14)18)26(24,25)22-11-1-2-12(22)9-21(8-11)16(23)10-6-19-20-7-10/h3-6,11-12H,1-2,7-9H2. The highest BCUT2D eigenvalue weighted by atomic mass is 32.2. The Balaban J connectivity index is 1.58. The number of rotatable bonds is 3. The van der Waals surface area contributed by atoms with Gasteiger partial charge in [-0.3, -0.25) is 4.79 Å². The van der Waals surface area contributed by atoms with Gasteiger partial charge in [-0.25, -0.2) is 17.2 Å². The van der Waals surface area contributed by atoms with E-state index in [9.17, 15) is 22.0 Å². The molecule has 7 nitrogen and oxygen atoms in total. The summed E-state index contributed by atoms with van der Waals surface area (Å²) in [5, 5.41) is 7.44. The summed E-state index contributed by atoms with van der Waals surface area (Å²) in [7, 11) is -3.97. The molecule has 3 heterocycles. The molecule has 1 amide bonds. The van der Waals surface area contributed by atoms with Gasteiger partial charge in [-0.2, -0.15) is 14.5 Å². The topological polar surface area (TPSA) is 82.4 Å². The van der Waals surface area contributed by atoms with Crippen molar-refractivity contribution < 1.29 is 22.0 Å². The van der Waals surface area contributed by atoms with Gasteiger partial charge in [0.15, 0.2) is 11.6 Å². The second-order valence-corrected chi connectivity index (χ2v) is 8.42. The van der Waals surface area contributed by atoms with Crippen LogP contribution in [0.4, 0.5) is 8.78 Å². The third-order valence-corrected chi connectivity index (χ3v) is 6.98. The predicted octanol–water partition coefficient (Wildman–Crippen LogP) is 1.68. The van der Waals surface area contributed by atoms with Crippen LogP contribution in [0.25, 0.3) is 0 Å². The predicted molar refractivity (Wildman–Crippen MR) is 86.6 cm³/mol. The summed E-state index contributed by atoms with van der Waals surface area (Å²) < 4.78 is 53.8. The number of piperazine rings is 1. The van der Waals surface area contributed by atoms with Gasteiger partial charge in [0, 0.05) is 25.2 Å². The molecule has 3 aliphatic rings. The van der Waals surface area contributed by atoms with Crippen molar-refractivity contribution in [1.29, 1.82) is 0 Å². The molecule has 2 unspecified atom stereocenters. The van der Waals surface area contributed by atoms with E-state index < -0.39 is 21.7 Å². The quantitative estimate of drug-likeness (QED) is 0.798. The summed E-state index contributed by atoms with van der Waals surface area (Å²) in [6, 6.07) is 1.81. The normalized spacial score (nSPS) is 25.6. The van der Waals surface area contributed by atoms with Crippen molar-refractivity contribution in [2.24, 2.45) is 10.2 Å². The zero-order chi connectivity index (χ0) is 18.5. The number of benzene rings is 1. The van der Waals surface area contributed by atoms with Gasteiger partial charge in [0.25, 0.3) is 5.91 Å². The number of carbonyl (C=O) groups is 1. The van der Waals surface area contributed by atoms with Crippen molar-refractivity contribution in [2.75, 3.05) is 19.6 Å². The van der Waals surface area contributed by atoms with E-state index in [-0.39, 0.29) is 42.5 Å². The van der Waals surface area contributed by atoms with E-state index in [1.807, 2.05) is 0 Å². The largest absolute Gasteiger partial charge is 0.336 e. The lowest BCUT2D eigenvalue weighted by molar-refractivity contribution is -0.129. The number of azo groups is 1. The third kappa shape index (κ3) is 2.73. The van der Waals surface area contributed by atoms with E-state index >= 15 is 0 Å². The Kier molecular flexibility index (Phi) is 4.11. The Labute approximate surface area is 149 Å². The Morgan fingerprint density at radius 3 is 2.38 bits per heavy atom. The number of likely N-dealkylation sites (tertiary alicyclic amines) is 1. The van der Waals surface area contributed by atoms with Crippen LogP contribution in [0.3, 0.4) is 0 Å². The summed E-state index contributed by atoms with van der Waals surface area (Å²) in [6.07, 6.45) is 2.66. The van der Waals surface area contributed by atoms with Crippen molar-refractivity contribution in [3.63, 3.8) is 0 Å². The molecule has 0 aromatic heterocycles. The lowest BCUT2D eigenvalue weighted by atomic mass is 10.2. The van der Waals surface area contributed by atoms with E-state index in [2.05, 4.69) is 10.2 Å². The fourth-order valence-corrected chi connectivity index (χ4v) is 5.64. The van der Waals surface area contributed by atoms with E-state index in [1.165, 1.54) is 10.5 Å². The highest BCUT2D eigenvalue weighted by Gasteiger charge is 2.48. The Morgan fingerprint density at radius 1 is 1.12 bits per heavy atom. The molecule has 3 aliphatic heterocycles. The molecule has 26 heavy (non-hydrogen) atoms. The molecule has 0 spiro atoms. The van der Waals surface area contributed by atoms with Gasteiger partial charge in [0.2, 0.25) is 10.0 Å². The molecule has 0 saturated carbocycles. The second kappa shape index (κ2) is 6.20. The number of carbonyl (C=O) groups excluding carboxylic acids is 1. The maximum Gasteiger partial charge on any atom is 0.253 e. The zero-order valence-electron chi connectivity index (χ0n) is 13.7. The Morgan fingerprint density at radius 2 is 1.81 bits per heavy atom. The van der Waals surface area contributed by atoms with E-state index in [0.29, 0.717) is 24.5 Å². The maximum absolute atomic E-state index is 13.5. The van der Waals surface area contributed by atoms with Crippen LogP contribution in [0.1, 0.15) is 12.8 Å². The molecular weight excluding hydrogens is 366 g/mol. The molecule has 0 N–H and O–H groups in total. The second-order valence-electron chi connectivity index (χ2n) is 6.58. The first-order chi connectivity index (χ1) is 12.4. The van der Waals surface area contributed by atoms with Gasteiger partial charge in [0.1, 0.15) is 0 Å². The number of halogens is 2. The molecule has 0 aliphatic carbocycles. The molecule has 1 aromatic carbocycles. The molecule has 138 valence electrons. The first kappa shape index (κ1) is 17.2. The van der Waals surface area contributed by atoms with Crippen LogP contribution in [0.2, 0.25) is 0 Å². The van der Waals surface area contributed by atoms with Crippen LogP contribution in [-0.2, 0) is 14.8 Å². The monoisotopic (exact) mass is 382 g/mol. The number of sulfonamides is 1. The number of amides is 1. The third-order valence-electron chi connectivity index (χ3n) is 4.98. The summed E-state index contributed by atoms with van der Waals surface area (Å²) >= 11 is 0. The smallest absolute Gasteiger partial charge is 0.253 e.